The van der Waals surface area contributed by atoms with Gasteiger partial charge < -0.3 is 9.47 Å². The molecule has 0 atom stereocenters. The number of hydrogen-bond donors (Lipinski definition) is 0. The van der Waals surface area contributed by atoms with Gasteiger partial charge in [-0.25, -0.2) is 9.78 Å². The lowest BCUT2D eigenvalue weighted by atomic mass is 10.1. The van der Waals surface area contributed by atoms with Crippen molar-refractivity contribution in [3.05, 3.63) is 60.3 Å². The van der Waals surface area contributed by atoms with E-state index in [1.165, 1.54) is 6.08 Å². The first kappa shape index (κ1) is 16.1. The van der Waals surface area contributed by atoms with Crippen LogP contribution in [0.2, 0.25) is 0 Å². The highest BCUT2D eigenvalue weighted by molar-refractivity contribution is 6.13. The van der Waals surface area contributed by atoms with Gasteiger partial charge in [-0.05, 0) is 37.3 Å². The Hall–Kier alpha value is -3.41. The molecule has 130 valence electrons. The van der Waals surface area contributed by atoms with Crippen molar-refractivity contribution in [2.24, 2.45) is 0 Å². The molecule has 3 aromatic rings. The first-order valence-electron chi connectivity index (χ1n) is 8.32. The minimum atomic E-state index is -0.423. The van der Waals surface area contributed by atoms with Crippen molar-refractivity contribution >= 4 is 22.8 Å². The lowest BCUT2D eigenvalue weighted by molar-refractivity contribution is -0.137. The molecule has 1 aliphatic rings. The fourth-order valence-electron chi connectivity index (χ4n) is 3.05. The number of aromatic nitrogens is 2. The van der Waals surface area contributed by atoms with Crippen LogP contribution in [0.3, 0.4) is 0 Å². The number of fused-ring (bicyclic) bond motifs is 4. The number of nitrogens with zero attached hydrogens (tertiary/aromatic N) is 2. The Kier molecular flexibility index (Phi) is 4.01. The van der Waals surface area contributed by atoms with Crippen molar-refractivity contribution in [1.29, 1.82) is 0 Å². The van der Waals surface area contributed by atoms with Gasteiger partial charge in [-0.15, -0.1) is 0 Å². The molecule has 0 saturated heterocycles. The van der Waals surface area contributed by atoms with Gasteiger partial charge in [0.15, 0.2) is 0 Å². The van der Waals surface area contributed by atoms with Crippen LogP contribution in [0.25, 0.3) is 22.3 Å². The number of esters is 1. The number of para-hydroxylation sites is 1. The SMILES string of the molecule is CCOC(=O)/C=C/COc1c2c(nc3ccccc13)-c1cccn1C2=O. The van der Waals surface area contributed by atoms with Gasteiger partial charge in [0, 0.05) is 17.7 Å². The number of carbonyl (C=O) groups is 2. The highest BCUT2D eigenvalue weighted by atomic mass is 16.5. The van der Waals surface area contributed by atoms with Gasteiger partial charge >= 0.3 is 5.97 Å². The molecule has 1 aliphatic heterocycles. The van der Waals surface area contributed by atoms with Crippen LogP contribution in [0.5, 0.6) is 5.75 Å². The smallest absolute Gasteiger partial charge is 0.330 e. The highest BCUT2D eigenvalue weighted by Crippen LogP contribution is 2.40. The average Bonchev–Trinajstić information content (AvgIpc) is 3.22. The van der Waals surface area contributed by atoms with E-state index in [-0.39, 0.29) is 12.5 Å². The summed E-state index contributed by atoms with van der Waals surface area (Å²) >= 11 is 0. The summed E-state index contributed by atoms with van der Waals surface area (Å²) in [6.45, 7) is 2.20. The minimum Gasteiger partial charge on any atom is -0.488 e. The Morgan fingerprint density at radius 1 is 1.23 bits per heavy atom. The van der Waals surface area contributed by atoms with E-state index >= 15 is 0 Å². The van der Waals surface area contributed by atoms with Gasteiger partial charge in [-0.2, -0.15) is 0 Å². The average molecular weight is 348 g/mol. The van der Waals surface area contributed by atoms with Crippen molar-refractivity contribution in [3.63, 3.8) is 0 Å². The van der Waals surface area contributed by atoms with Gasteiger partial charge in [-0.3, -0.25) is 9.36 Å². The summed E-state index contributed by atoms with van der Waals surface area (Å²) in [6, 6.07) is 11.2. The maximum absolute atomic E-state index is 12.8. The molecule has 0 unspecified atom stereocenters. The molecular formula is C20H16N2O4. The summed E-state index contributed by atoms with van der Waals surface area (Å²) in [5.41, 5.74) is 2.56. The zero-order valence-corrected chi connectivity index (χ0v) is 14.1. The number of ether oxygens (including phenoxy) is 2. The molecule has 0 N–H and O–H groups in total. The first-order chi connectivity index (χ1) is 12.7. The third kappa shape index (κ3) is 2.56. The van der Waals surface area contributed by atoms with Crippen molar-refractivity contribution in [2.75, 3.05) is 13.2 Å². The summed E-state index contributed by atoms with van der Waals surface area (Å²) in [5, 5.41) is 0.759. The van der Waals surface area contributed by atoms with E-state index < -0.39 is 5.97 Å². The Labute approximate surface area is 149 Å². The minimum absolute atomic E-state index is 0.140. The monoisotopic (exact) mass is 348 g/mol. The standard InChI is InChI=1S/C20H16N2O4/c1-2-25-16(23)10-6-12-26-19-13-7-3-4-8-14(13)21-18-15-9-5-11-22(15)20(24)17(18)19/h3-11H,2,12H2,1H3/b10-6+. The molecule has 1 aromatic carbocycles. The fourth-order valence-corrected chi connectivity index (χ4v) is 3.05. The van der Waals surface area contributed by atoms with E-state index in [1.54, 1.807) is 23.8 Å². The summed E-state index contributed by atoms with van der Waals surface area (Å²) in [6.07, 6.45) is 4.60. The largest absolute Gasteiger partial charge is 0.488 e. The van der Waals surface area contributed by atoms with Crippen molar-refractivity contribution in [1.82, 2.24) is 9.55 Å². The van der Waals surface area contributed by atoms with Crippen LogP contribution >= 0.6 is 0 Å². The molecule has 0 amide bonds. The Bertz CT molecular complexity index is 1050. The lowest BCUT2D eigenvalue weighted by Crippen LogP contribution is -2.08. The van der Waals surface area contributed by atoms with E-state index in [1.807, 2.05) is 36.4 Å². The van der Waals surface area contributed by atoms with Crippen LogP contribution in [0.1, 0.15) is 17.3 Å². The van der Waals surface area contributed by atoms with Gasteiger partial charge in [0.1, 0.15) is 23.6 Å². The Balaban J connectivity index is 1.74. The van der Waals surface area contributed by atoms with Crippen LogP contribution in [0, 0.1) is 0 Å². The molecule has 0 radical (unpaired) electrons. The van der Waals surface area contributed by atoms with Crippen LogP contribution < -0.4 is 4.74 Å². The summed E-state index contributed by atoms with van der Waals surface area (Å²) in [4.78, 5) is 28.8. The number of pyridine rings is 1. The zero-order valence-electron chi connectivity index (χ0n) is 14.1. The predicted molar refractivity (Wildman–Crippen MR) is 96.2 cm³/mol. The summed E-state index contributed by atoms with van der Waals surface area (Å²) in [5.74, 6) is -0.108. The fraction of sp³-hybridized carbons (Fsp3) is 0.150. The van der Waals surface area contributed by atoms with Gasteiger partial charge in [-0.1, -0.05) is 12.1 Å². The van der Waals surface area contributed by atoms with Crippen molar-refractivity contribution < 1.29 is 19.1 Å². The molecule has 0 saturated carbocycles. The number of hydrogen-bond acceptors (Lipinski definition) is 5. The number of benzene rings is 1. The summed E-state index contributed by atoms with van der Waals surface area (Å²) in [7, 11) is 0. The third-order valence-electron chi connectivity index (χ3n) is 4.13. The molecule has 6 heteroatoms. The topological polar surface area (TPSA) is 70.4 Å². The van der Waals surface area contributed by atoms with E-state index in [0.717, 1.165) is 16.6 Å². The molecule has 2 aromatic heterocycles. The normalized spacial score (nSPS) is 12.4. The van der Waals surface area contributed by atoms with E-state index in [4.69, 9.17) is 9.47 Å². The zero-order chi connectivity index (χ0) is 18.1. The Morgan fingerprint density at radius 2 is 2.08 bits per heavy atom. The number of carbonyl (C=O) groups excluding carboxylic acids is 2. The second-order valence-electron chi connectivity index (χ2n) is 5.72. The maximum Gasteiger partial charge on any atom is 0.330 e. The third-order valence-corrected chi connectivity index (χ3v) is 4.13. The van der Waals surface area contributed by atoms with E-state index in [9.17, 15) is 9.59 Å². The molecule has 0 aliphatic carbocycles. The quantitative estimate of drug-likeness (QED) is 0.409. The van der Waals surface area contributed by atoms with E-state index in [0.29, 0.717) is 23.6 Å². The molecule has 4 rings (SSSR count). The maximum atomic E-state index is 12.8. The van der Waals surface area contributed by atoms with Crippen molar-refractivity contribution in [3.8, 4) is 17.1 Å². The van der Waals surface area contributed by atoms with E-state index in [2.05, 4.69) is 4.98 Å². The summed E-state index contributed by atoms with van der Waals surface area (Å²) < 4.78 is 12.3. The predicted octanol–water partition coefficient (Wildman–Crippen LogP) is 3.20. The van der Waals surface area contributed by atoms with Crippen LogP contribution in [-0.2, 0) is 9.53 Å². The van der Waals surface area contributed by atoms with Gasteiger partial charge in [0.2, 0.25) is 0 Å². The van der Waals surface area contributed by atoms with Crippen LogP contribution in [-0.4, -0.2) is 34.6 Å². The van der Waals surface area contributed by atoms with Crippen molar-refractivity contribution in [2.45, 2.75) is 6.92 Å². The Morgan fingerprint density at radius 3 is 2.92 bits per heavy atom. The molecule has 6 nitrogen and oxygen atoms in total. The van der Waals surface area contributed by atoms with Crippen LogP contribution in [0.15, 0.2) is 54.7 Å². The van der Waals surface area contributed by atoms with Gasteiger partial charge in [0.25, 0.3) is 5.91 Å². The molecule has 0 bridgehead atoms. The molecule has 0 fully saturated rings. The van der Waals surface area contributed by atoms with Crippen LogP contribution in [0.4, 0.5) is 0 Å². The first-order valence-corrected chi connectivity index (χ1v) is 8.32. The number of rotatable bonds is 5. The highest BCUT2D eigenvalue weighted by Gasteiger charge is 2.32. The molecule has 26 heavy (non-hydrogen) atoms. The second kappa shape index (κ2) is 6.48. The lowest BCUT2D eigenvalue weighted by Gasteiger charge is -2.11. The molecule has 3 heterocycles. The molecule has 0 spiro atoms. The second-order valence-corrected chi connectivity index (χ2v) is 5.72. The molecular weight excluding hydrogens is 332 g/mol. The van der Waals surface area contributed by atoms with Gasteiger partial charge in [0.05, 0.1) is 17.8 Å².